The van der Waals surface area contributed by atoms with Gasteiger partial charge in [-0.05, 0) is 69.9 Å². The summed E-state index contributed by atoms with van der Waals surface area (Å²) < 4.78 is 6.53. The molecule has 1 spiro atoms. The zero-order valence-electron chi connectivity index (χ0n) is 25.8. The maximum atomic E-state index is 14.4. The SMILES string of the molecule is C=C(C)C1=C(C(=C)C)SC2(S1)C1=C(SC(=N)C2C)C(C)(CC)N(C(=O)Nn2c(O)ccc2O)c2c1cc1oc(C)cc1c2C. The van der Waals surface area contributed by atoms with Crippen molar-refractivity contribution in [3.8, 4) is 11.8 Å². The lowest BCUT2D eigenvalue weighted by Crippen LogP contribution is -2.58. The summed E-state index contributed by atoms with van der Waals surface area (Å²) in [5.41, 5.74) is 7.99. The van der Waals surface area contributed by atoms with Gasteiger partial charge in [-0.1, -0.05) is 38.8 Å². The number of anilines is 1. The summed E-state index contributed by atoms with van der Waals surface area (Å²) in [6.07, 6.45) is 0.540. The monoisotopic (exact) mass is 648 g/mol. The van der Waals surface area contributed by atoms with Crippen molar-refractivity contribution in [2.75, 3.05) is 10.3 Å². The Morgan fingerprint density at radius 1 is 1.11 bits per heavy atom. The van der Waals surface area contributed by atoms with E-state index in [1.165, 1.54) is 23.9 Å². The van der Waals surface area contributed by atoms with Crippen molar-refractivity contribution in [2.45, 2.75) is 64.5 Å². The van der Waals surface area contributed by atoms with Crippen molar-refractivity contribution >= 4 is 68.6 Å². The number of rotatable bonds is 4. The van der Waals surface area contributed by atoms with E-state index in [0.717, 1.165) is 69.7 Å². The molecule has 0 saturated heterocycles. The topological polar surface area (TPSA) is 115 Å². The number of carbonyl (C=O) groups is 1. The highest BCUT2D eigenvalue weighted by molar-refractivity contribution is 8.26. The number of allylic oxidation sites excluding steroid dienone is 2. The fraction of sp³-hybridized carbons (Fsp3) is 0.333. The van der Waals surface area contributed by atoms with Crippen LogP contribution in [-0.4, -0.2) is 35.6 Å². The molecule has 0 fully saturated rings. The molecule has 8 nitrogen and oxygen atoms in total. The van der Waals surface area contributed by atoms with E-state index in [1.54, 1.807) is 28.4 Å². The first-order valence-corrected chi connectivity index (χ1v) is 16.8. The molecular weight excluding hydrogens is 613 g/mol. The largest absolute Gasteiger partial charge is 0.493 e. The average Bonchev–Trinajstić information content (AvgIpc) is 3.64. The van der Waals surface area contributed by atoms with Gasteiger partial charge in [0.1, 0.15) is 15.4 Å². The van der Waals surface area contributed by atoms with Gasteiger partial charge >= 0.3 is 6.03 Å². The predicted octanol–water partition coefficient (Wildman–Crippen LogP) is 9.23. The summed E-state index contributed by atoms with van der Waals surface area (Å²) in [5.74, 6) is 0.00840. The number of aryl methyl sites for hydroxylation is 2. The molecule has 0 aliphatic carbocycles. The van der Waals surface area contributed by atoms with Crippen LogP contribution in [0, 0.1) is 25.2 Å². The van der Waals surface area contributed by atoms with Crippen LogP contribution in [0.3, 0.4) is 0 Å². The molecule has 44 heavy (non-hydrogen) atoms. The molecule has 230 valence electrons. The predicted molar refractivity (Wildman–Crippen MR) is 185 cm³/mol. The van der Waals surface area contributed by atoms with Gasteiger partial charge in [0.25, 0.3) is 0 Å². The minimum absolute atomic E-state index is 0.162. The zero-order valence-corrected chi connectivity index (χ0v) is 28.3. The number of thioether (sulfide) groups is 3. The molecule has 2 amide bonds. The molecule has 3 aromatic rings. The number of hydrogen-bond donors (Lipinski definition) is 4. The quantitative estimate of drug-likeness (QED) is 0.223. The van der Waals surface area contributed by atoms with E-state index < -0.39 is 15.6 Å². The van der Waals surface area contributed by atoms with Crippen LogP contribution in [-0.2, 0) is 0 Å². The molecule has 2 aromatic heterocycles. The fourth-order valence-corrected chi connectivity index (χ4v) is 11.7. The molecule has 0 radical (unpaired) electrons. The number of furan rings is 1. The number of benzene rings is 1. The molecule has 3 aliphatic heterocycles. The van der Waals surface area contributed by atoms with Crippen LogP contribution in [0.4, 0.5) is 10.5 Å². The van der Waals surface area contributed by atoms with Crippen LogP contribution in [0.25, 0.3) is 16.5 Å². The number of fused-ring (bicyclic) bond motifs is 4. The van der Waals surface area contributed by atoms with Crippen LogP contribution in [0.1, 0.15) is 57.9 Å². The number of urea groups is 1. The molecule has 5 heterocycles. The van der Waals surface area contributed by atoms with E-state index in [4.69, 9.17) is 4.42 Å². The standard InChI is InChI=1S/C33H36N4O4S3/c1-10-32(9)29-25(33(19(8)30(34)42-29)43-27(15(2)3)28(44-33)16(4)5)21-14-22-20(13-17(6)41-22)18(7)26(21)36(32)31(40)35-37-23(38)11-12-24(37)39/h11-14,19,34,38-39H,2,4,10H2,1,3,5-9H3,(H,35,40). The van der Waals surface area contributed by atoms with Crippen LogP contribution in [0.15, 0.2) is 67.7 Å². The molecule has 6 rings (SSSR count). The summed E-state index contributed by atoms with van der Waals surface area (Å²) >= 11 is 4.89. The lowest BCUT2D eigenvalue weighted by atomic mass is 9.79. The normalized spacial score (nSPS) is 22.6. The Kier molecular flexibility index (Phi) is 7.18. The molecule has 2 atom stereocenters. The van der Waals surface area contributed by atoms with Crippen LogP contribution < -0.4 is 10.3 Å². The van der Waals surface area contributed by atoms with Crippen LogP contribution in [0.5, 0.6) is 11.8 Å². The molecule has 0 bridgehead atoms. The molecule has 2 unspecified atom stereocenters. The van der Waals surface area contributed by atoms with E-state index in [9.17, 15) is 20.4 Å². The maximum absolute atomic E-state index is 14.4. The van der Waals surface area contributed by atoms with Crippen molar-refractivity contribution in [3.05, 3.63) is 80.2 Å². The van der Waals surface area contributed by atoms with Crippen molar-refractivity contribution in [1.29, 1.82) is 5.41 Å². The lowest BCUT2D eigenvalue weighted by Gasteiger charge is -2.53. The Hall–Kier alpha value is -3.41. The average molecular weight is 649 g/mol. The maximum Gasteiger partial charge on any atom is 0.342 e. The summed E-state index contributed by atoms with van der Waals surface area (Å²) in [7, 11) is 0. The van der Waals surface area contributed by atoms with E-state index in [2.05, 4.69) is 25.5 Å². The van der Waals surface area contributed by atoms with Crippen LogP contribution >= 0.6 is 35.3 Å². The van der Waals surface area contributed by atoms with Gasteiger partial charge < -0.3 is 14.6 Å². The summed E-state index contributed by atoms with van der Waals surface area (Å²) in [6.45, 7) is 22.7. The molecule has 4 N–H and O–H groups in total. The van der Waals surface area contributed by atoms with Crippen molar-refractivity contribution in [3.63, 3.8) is 0 Å². The first kappa shape index (κ1) is 30.6. The summed E-state index contributed by atoms with van der Waals surface area (Å²) in [4.78, 5) is 19.2. The van der Waals surface area contributed by atoms with Crippen LogP contribution in [0.2, 0.25) is 0 Å². The number of nitrogens with one attached hydrogen (secondary N) is 2. The minimum atomic E-state index is -0.886. The third-order valence-electron chi connectivity index (χ3n) is 8.83. The molecule has 0 saturated carbocycles. The van der Waals surface area contributed by atoms with E-state index >= 15 is 0 Å². The minimum Gasteiger partial charge on any atom is -0.493 e. The lowest BCUT2D eigenvalue weighted by molar-refractivity contribution is 0.247. The van der Waals surface area contributed by atoms with Gasteiger partial charge in [-0.2, -0.15) is 4.68 Å². The van der Waals surface area contributed by atoms with Gasteiger partial charge in [-0.3, -0.25) is 10.3 Å². The highest BCUT2D eigenvalue weighted by Crippen LogP contribution is 2.72. The second-order valence-electron chi connectivity index (χ2n) is 11.9. The summed E-state index contributed by atoms with van der Waals surface area (Å²) in [6, 6.07) is 6.12. The smallest absolute Gasteiger partial charge is 0.342 e. The fourth-order valence-electron chi connectivity index (χ4n) is 6.35. The number of amides is 2. The number of aromatic nitrogens is 1. The highest BCUT2D eigenvalue weighted by Gasteiger charge is 2.59. The van der Waals surface area contributed by atoms with Gasteiger partial charge in [0.2, 0.25) is 11.8 Å². The Labute approximate surface area is 269 Å². The van der Waals surface area contributed by atoms with E-state index in [1.807, 2.05) is 53.7 Å². The van der Waals surface area contributed by atoms with Gasteiger partial charge in [0.05, 0.1) is 16.3 Å². The first-order valence-electron chi connectivity index (χ1n) is 14.4. The van der Waals surface area contributed by atoms with Crippen molar-refractivity contribution < 1.29 is 19.4 Å². The number of aromatic hydroxyl groups is 2. The first-order chi connectivity index (χ1) is 20.7. The zero-order chi connectivity index (χ0) is 32.0. The van der Waals surface area contributed by atoms with Crippen molar-refractivity contribution in [2.24, 2.45) is 5.92 Å². The third kappa shape index (κ3) is 4.15. The highest BCUT2D eigenvalue weighted by atomic mass is 32.2. The molecular formula is C33H36N4O4S3. The number of nitrogens with zero attached hydrogens (tertiary/aromatic N) is 2. The second-order valence-corrected chi connectivity index (χ2v) is 15.7. The van der Waals surface area contributed by atoms with E-state index in [-0.39, 0.29) is 17.7 Å². The Morgan fingerprint density at radius 3 is 2.25 bits per heavy atom. The van der Waals surface area contributed by atoms with Gasteiger partial charge in [0.15, 0.2) is 0 Å². The Balaban J connectivity index is 1.69. The number of carbonyl (C=O) groups excluding carboxylic acids is 1. The van der Waals surface area contributed by atoms with Gasteiger partial charge in [0, 0.05) is 49.3 Å². The molecule has 3 aliphatic rings. The van der Waals surface area contributed by atoms with Gasteiger partial charge in [-0.25, -0.2) is 10.2 Å². The van der Waals surface area contributed by atoms with E-state index in [0.29, 0.717) is 11.5 Å². The second kappa shape index (κ2) is 10.3. The van der Waals surface area contributed by atoms with Gasteiger partial charge in [-0.15, -0.1) is 23.5 Å². The number of hydrogen-bond acceptors (Lipinski definition) is 8. The molecule has 1 aromatic carbocycles. The molecule has 11 heteroatoms. The third-order valence-corrected chi connectivity index (χ3v) is 14.1. The Morgan fingerprint density at radius 2 is 1.70 bits per heavy atom. The Bertz CT molecular complexity index is 1850. The summed E-state index contributed by atoms with van der Waals surface area (Å²) in [5, 5.41) is 31.5. The van der Waals surface area contributed by atoms with Crippen molar-refractivity contribution in [1.82, 2.24) is 4.68 Å².